The highest BCUT2D eigenvalue weighted by Crippen LogP contribution is 2.30. The molecule has 3 heterocycles. The molecule has 0 bridgehead atoms. The van der Waals surface area contributed by atoms with Crippen LogP contribution < -0.4 is 4.90 Å². The SMILES string of the molecule is CC(C)c1nc(N2CCCN(C(=O)C3CCCC3)CC2)c2cnn(-c3ccccc3)c2n1. The van der Waals surface area contributed by atoms with Gasteiger partial charge in [0.2, 0.25) is 5.91 Å². The normalized spacial score (nSPS) is 18.0. The second-order valence-electron chi connectivity index (χ2n) is 9.34. The summed E-state index contributed by atoms with van der Waals surface area (Å²) in [7, 11) is 0. The van der Waals surface area contributed by atoms with E-state index in [9.17, 15) is 4.79 Å². The van der Waals surface area contributed by atoms with Gasteiger partial charge in [-0.2, -0.15) is 5.10 Å². The van der Waals surface area contributed by atoms with E-state index >= 15 is 0 Å². The fraction of sp³-hybridized carbons (Fsp3) is 0.520. The number of para-hydroxylation sites is 1. The van der Waals surface area contributed by atoms with E-state index in [1.165, 1.54) is 12.8 Å². The van der Waals surface area contributed by atoms with Crippen LogP contribution in [0.3, 0.4) is 0 Å². The van der Waals surface area contributed by atoms with Gasteiger partial charge in [-0.15, -0.1) is 0 Å². The zero-order valence-electron chi connectivity index (χ0n) is 19.1. The first kappa shape index (κ1) is 20.9. The molecule has 1 amide bonds. The van der Waals surface area contributed by atoms with Crippen molar-refractivity contribution in [3.8, 4) is 5.69 Å². The predicted octanol–water partition coefficient (Wildman–Crippen LogP) is 4.17. The van der Waals surface area contributed by atoms with Gasteiger partial charge in [0.15, 0.2) is 5.65 Å². The Morgan fingerprint density at radius 1 is 0.969 bits per heavy atom. The summed E-state index contributed by atoms with van der Waals surface area (Å²) in [6.45, 7) is 7.51. The Hall–Kier alpha value is -2.96. The summed E-state index contributed by atoms with van der Waals surface area (Å²) >= 11 is 0. The smallest absolute Gasteiger partial charge is 0.225 e. The van der Waals surface area contributed by atoms with Crippen molar-refractivity contribution >= 4 is 22.8 Å². The minimum atomic E-state index is 0.213. The molecule has 1 aliphatic heterocycles. The van der Waals surface area contributed by atoms with Gasteiger partial charge >= 0.3 is 0 Å². The van der Waals surface area contributed by atoms with Gasteiger partial charge < -0.3 is 9.80 Å². The average Bonchev–Trinajstić information content (AvgIpc) is 3.44. The number of hydrogen-bond acceptors (Lipinski definition) is 5. The summed E-state index contributed by atoms with van der Waals surface area (Å²) in [5.41, 5.74) is 1.83. The number of carbonyl (C=O) groups is 1. The first-order valence-electron chi connectivity index (χ1n) is 12.0. The Kier molecular flexibility index (Phi) is 5.81. The van der Waals surface area contributed by atoms with Crippen molar-refractivity contribution in [3.63, 3.8) is 0 Å². The summed E-state index contributed by atoms with van der Waals surface area (Å²) < 4.78 is 1.90. The third-order valence-electron chi connectivity index (χ3n) is 6.75. The molecule has 2 aromatic heterocycles. The van der Waals surface area contributed by atoms with Crippen LogP contribution in [0.1, 0.15) is 57.7 Å². The summed E-state index contributed by atoms with van der Waals surface area (Å²) in [6.07, 6.45) is 7.34. The van der Waals surface area contributed by atoms with Crippen molar-refractivity contribution in [2.75, 3.05) is 31.1 Å². The van der Waals surface area contributed by atoms with E-state index < -0.39 is 0 Å². The molecule has 0 radical (unpaired) electrons. The van der Waals surface area contributed by atoms with Gasteiger partial charge in [-0.25, -0.2) is 14.6 Å². The molecule has 0 atom stereocenters. The van der Waals surface area contributed by atoms with Crippen LogP contribution in [0.2, 0.25) is 0 Å². The van der Waals surface area contributed by atoms with Crippen molar-refractivity contribution < 1.29 is 4.79 Å². The molecule has 7 nitrogen and oxygen atoms in total. The zero-order valence-corrected chi connectivity index (χ0v) is 19.1. The fourth-order valence-electron chi connectivity index (χ4n) is 4.95. The summed E-state index contributed by atoms with van der Waals surface area (Å²) in [5.74, 6) is 2.58. The third-order valence-corrected chi connectivity index (χ3v) is 6.75. The predicted molar refractivity (Wildman–Crippen MR) is 126 cm³/mol. The summed E-state index contributed by atoms with van der Waals surface area (Å²) in [6, 6.07) is 10.1. The van der Waals surface area contributed by atoms with Crippen molar-refractivity contribution in [2.45, 2.75) is 51.9 Å². The lowest BCUT2D eigenvalue weighted by Crippen LogP contribution is -2.38. The number of nitrogens with zero attached hydrogens (tertiary/aromatic N) is 6. The van der Waals surface area contributed by atoms with E-state index in [0.29, 0.717) is 5.91 Å². The topological polar surface area (TPSA) is 67.2 Å². The maximum Gasteiger partial charge on any atom is 0.225 e. The van der Waals surface area contributed by atoms with Crippen molar-refractivity contribution in [1.82, 2.24) is 24.6 Å². The van der Waals surface area contributed by atoms with Crippen molar-refractivity contribution in [3.05, 3.63) is 42.4 Å². The van der Waals surface area contributed by atoms with Gasteiger partial charge in [-0.1, -0.05) is 44.9 Å². The standard InChI is InChI=1S/C25H32N6O/c1-18(2)22-27-23(21-17-26-31(24(21)28-22)20-11-4-3-5-12-20)29-13-8-14-30(16-15-29)25(32)19-9-6-7-10-19/h3-5,11-12,17-19H,6-10,13-16H2,1-2H3. The molecule has 5 rings (SSSR count). The molecule has 168 valence electrons. The first-order chi connectivity index (χ1) is 15.6. The Labute approximate surface area is 189 Å². The van der Waals surface area contributed by atoms with Crippen LogP contribution in [0.25, 0.3) is 16.7 Å². The Morgan fingerprint density at radius 2 is 1.75 bits per heavy atom. The summed E-state index contributed by atoms with van der Waals surface area (Å²) in [4.78, 5) is 27.3. The highest BCUT2D eigenvalue weighted by molar-refractivity contribution is 5.88. The van der Waals surface area contributed by atoms with Crippen LogP contribution in [-0.4, -0.2) is 56.7 Å². The monoisotopic (exact) mass is 432 g/mol. The lowest BCUT2D eigenvalue weighted by atomic mass is 10.1. The van der Waals surface area contributed by atoms with E-state index in [2.05, 4.69) is 28.7 Å². The lowest BCUT2D eigenvalue weighted by Gasteiger charge is -2.25. The molecule has 2 fully saturated rings. The number of amides is 1. The number of anilines is 1. The van der Waals surface area contributed by atoms with Gasteiger partial charge in [-0.3, -0.25) is 4.79 Å². The Balaban J connectivity index is 1.46. The van der Waals surface area contributed by atoms with E-state index in [1.54, 1.807) is 0 Å². The van der Waals surface area contributed by atoms with Crippen molar-refractivity contribution in [2.24, 2.45) is 5.92 Å². The molecule has 1 saturated heterocycles. The largest absolute Gasteiger partial charge is 0.354 e. The Bertz CT molecular complexity index is 1090. The number of benzene rings is 1. The highest BCUT2D eigenvalue weighted by atomic mass is 16.2. The van der Waals surface area contributed by atoms with Crippen LogP contribution >= 0.6 is 0 Å². The third kappa shape index (κ3) is 3.96. The van der Waals surface area contributed by atoms with Gasteiger partial charge in [0.25, 0.3) is 0 Å². The molecule has 32 heavy (non-hydrogen) atoms. The molecule has 0 unspecified atom stereocenters. The maximum absolute atomic E-state index is 13.0. The molecule has 7 heteroatoms. The number of carbonyl (C=O) groups excluding carboxylic acids is 1. The Morgan fingerprint density at radius 3 is 2.50 bits per heavy atom. The maximum atomic E-state index is 13.0. The van der Waals surface area contributed by atoms with Crippen LogP contribution in [0, 0.1) is 5.92 Å². The molecule has 0 spiro atoms. The molecule has 3 aromatic rings. The minimum absolute atomic E-state index is 0.213. The first-order valence-corrected chi connectivity index (χ1v) is 12.0. The fourth-order valence-corrected chi connectivity index (χ4v) is 4.95. The number of aromatic nitrogens is 4. The van der Waals surface area contributed by atoms with Gasteiger partial charge in [0.05, 0.1) is 17.3 Å². The quantitative estimate of drug-likeness (QED) is 0.619. The van der Waals surface area contributed by atoms with Crippen LogP contribution in [0.4, 0.5) is 5.82 Å². The van der Waals surface area contributed by atoms with E-state index in [1.807, 2.05) is 41.2 Å². The second-order valence-corrected chi connectivity index (χ2v) is 9.34. The van der Waals surface area contributed by atoms with E-state index in [-0.39, 0.29) is 11.8 Å². The number of rotatable bonds is 4. The lowest BCUT2D eigenvalue weighted by molar-refractivity contribution is -0.135. The van der Waals surface area contributed by atoms with E-state index in [4.69, 9.17) is 9.97 Å². The number of hydrogen-bond donors (Lipinski definition) is 0. The van der Waals surface area contributed by atoms with Gasteiger partial charge in [0.1, 0.15) is 11.6 Å². The minimum Gasteiger partial charge on any atom is -0.354 e. The summed E-state index contributed by atoms with van der Waals surface area (Å²) in [5, 5.41) is 5.63. The zero-order chi connectivity index (χ0) is 22.1. The molecule has 1 aliphatic carbocycles. The molecular formula is C25H32N6O. The second kappa shape index (κ2) is 8.88. The van der Waals surface area contributed by atoms with Gasteiger partial charge in [0, 0.05) is 38.0 Å². The van der Waals surface area contributed by atoms with Crippen molar-refractivity contribution in [1.29, 1.82) is 0 Å². The molecular weight excluding hydrogens is 400 g/mol. The van der Waals surface area contributed by atoms with Gasteiger partial charge in [-0.05, 0) is 31.4 Å². The van der Waals surface area contributed by atoms with Crippen LogP contribution in [-0.2, 0) is 4.79 Å². The average molecular weight is 433 g/mol. The van der Waals surface area contributed by atoms with E-state index in [0.717, 1.165) is 73.8 Å². The van der Waals surface area contributed by atoms with Crippen LogP contribution in [0.5, 0.6) is 0 Å². The number of fused-ring (bicyclic) bond motifs is 1. The van der Waals surface area contributed by atoms with Crippen LogP contribution in [0.15, 0.2) is 36.5 Å². The molecule has 2 aliphatic rings. The molecule has 1 saturated carbocycles. The molecule has 0 N–H and O–H groups in total. The highest BCUT2D eigenvalue weighted by Gasteiger charge is 2.29. The molecule has 1 aromatic carbocycles.